The van der Waals surface area contributed by atoms with Crippen LogP contribution < -0.4 is 4.72 Å². The maximum atomic E-state index is 12.7. The van der Waals surface area contributed by atoms with Crippen LogP contribution in [-0.2, 0) is 20.5 Å². The van der Waals surface area contributed by atoms with Gasteiger partial charge in [-0.3, -0.25) is 0 Å². The summed E-state index contributed by atoms with van der Waals surface area (Å²) >= 11 is 0. The molecule has 1 fully saturated rings. The van der Waals surface area contributed by atoms with E-state index in [9.17, 15) is 12.8 Å². The average Bonchev–Trinajstić information content (AvgIpc) is 2.32. The second-order valence-corrected chi connectivity index (χ2v) is 6.14. The normalized spacial score (nSPS) is 17.8. The van der Waals surface area contributed by atoms with E-state index in [1.54, 1.807) is 0 Å². The Labute approximate surface area is 106 Å². The van der Waals surface area contributed by atoms with Crippen molar-refractivity contribution in [1.82, 2.24) is 4.72 Å². The fourth-order valence-electron chi connectivity index (χ4n) is 1.91. The second-order valence-electron chi connectivity index (χ2n) is 4.39. The third-order valence-corrected chi connectivity index (χ3v) is 4.24. The van der Waals surface area contributed by atoms with Crippen LogP contribution in [-0.4, -0.2) is 27.7 Å². The zero-order chi connectivity index (χ0) is 13.0. The molecule has 0 bridgehead atoms. The summed E-state index contributed by atoms with van der Waals surface area (Å²) < 4.78 is 44.4. The fraction of sp³-hybridized carbons (Fsp3) is 0.500. The van der Waals surface area contributed by atoms with Crippen molar-refractivity contribution in [2.45, 2.75) is 24.6 Å². The quantitative estimate of drug-likeness (QED) is 0.902. The molecular formula is C12H16FNO3S. The predicted octanol–water partition coefficient (Wildman–Crippen LogP) is 1.42. The summed E-state index contributed by atoms with van der Waals surface area (Å²) in [6.45, 7) is 1.17. The average molecular weight is 273 g/mol. The first-order valence-corrected chi connectivity index (χ1v) is 7.52. The van der Waals surface area contributed by atoms with Gasteiger partial charge < -0.3 is 4.74 Å². The van der Waals surface area contributed by atoms with Gasteiger partial charge in [0.25, 0.3) is 0 Å². The zero-order valence-electron chi connectivity index (χ0n) is 9.93. The number of hydrogen-bond acceptors (Lipinski definition) is 3. The maximum absolute atomic E-state index is 12.7. The molecule has 1 aliphatic rings. The van der Waals surface area contributed by atoms with Gasteiger partial charge in [0.05, 0.1) is 5.75 Å². The Morgan fingerprint density at radius 1 is 1.22 bits per heavy atom. The van der Waals surface area contributed by atoms with E-state index >= 15 is 0 Å². The lowest BCUT2D eigenvalue weighted by Crippen LogP contribution is -2.39. The van der Waals surface area contributed by atoms with Gasteiger partial charge >= 0.3 is 0 Å². The topological polar surface area (TPSA) is 55.4 Å². The minimum atomic E-state index is -3.38. The monoisotopic (exact) mass is 273 g/mol. The number of halogens is 1. The first-order valence-electron chi connectivity index (χ1n) is 5.87. The Morgan fingerprint density at radius 3 is 2.44 bits per heavy atom. The van der Waals surface area contributed by atoms with Gasteiger partial charge in [0.2, 0.25) is 10.0 Å². The Hall–Kier alpha value is -0.980. The van der Waals surface area contributed by atoms with Gasteiger partial charge in [-0.15, -0.1) is 0 Å². The largest absolute Gasteiger partial charge is 0.381 e. The first kappa shape index (κ1) is 13.5. The maximum Gasteiger partial charge on any atom is 0.216 e. The molecule has 0 radical (unpaired) electrons. The van der Waals surface area contributed by atoms with E-state index in [4.69, 9.17) is 4.74 Å². The molecule has 0 amide bonds. The molecule has 6 heteroatoms. The van der Waals surface area contributed by atoms with E-state index in [1.807, 2.05) is 0 Å². The molecule has 0 aromatic heterocycles. The molecule has 1 N–H and O–H groups in total. The number of ether oxygens (including phenoxy) is 1. The SMILES string of the molecule is O=S(=O)(Cc1ccc(F)cc1)NC1CCOCC1. The van der Waals surface area contributed by atoms with Crippen molar-refractivity contribution < 1.29 is 17.5 Å². The molecule has 1 aromatic rings. The number of sulfonamides is 1. The molecule has 1 aliphatic heterocycles. The van der Waals surface area contributed by atoms with Crippen LogP contribution in [0.25, 0.3) is 0 Å². The minimum absolute atomic E-state index is 0.0517. The van der Waals surface area contributed by atoms with Gasteiger partial charge in [-0.25, -0.2) is 17.5 Å². The minimum Gasteiger partial charge on any atom is -0.381 e. The molecule has 0 atom stereocenters. The lowest BCUT2D eigenvalue weighted by Gasteiger charge is -2.22. The molecule has 0 unspecified atom stereocenters. The van der Waals surface area contributed by atoms with Gasteiger partial charge in [0.15, 0.2) is 0 Å². The van der Waals surface area contributed by atoms with Crippen LogP contribution in [0, 0.1) is 5.82 Å². The molecule has 18 heavy (non-hydrogen) atoms. The van der Waals surface area contributed by atoms with E-state index < -0.39 is 10.0 Å². The summed E-state index contributed by atoms with van der Waals surface area (Å²) in [5.41, 5.74) is 0.580. The first-order chi connectivity index (χ1) is 8.55. The molecule has 1 aromatic carbocycles. The number of rotatable bonds is 4. The molecule has 1 saturated heterocycles. The highest BCUT2D eigenvalue weighted by Crippen LogP contribution is 2.11. The zero-order valence-corrected chi connectivity index (χ0v) is 10.7. The van der Waals surface area contributed by atoms with Gasteiger partial charge in [0.1, 0.15) is 5.82 Å². The van der Waals surface area contributed by atoms with Crippen LogP contribution >= 0.6 is 0 Å². The van der Waals surface area contributed by atoms with Crippen LogP contribution in [0.1, 0.15) is 18.4 Å². The third-order valence-electron chi connectivity index (χ3n) is 2.84. The van der Waals surface area contributed by atoms with Gasteiger partial charge in [-0.1, -0.05) is 12.1 Å². The van der Waals surface area contributed by atoms with E-state index in [0.29, 0.717) is 31.6 Å². The second kappa shape index (κ2) is 5.77. The molecule has 0 aliphatic carbocycles. The summed E-state index contributed by atoms with van der Waals surface area (Å²) in [7, 11) is -3.38. The van der Waals surface area contributed by atoms with E-state index in [0.717, 1.165) is 0 Å². The van der Waals surface area contributed by atoms with Crippen LogP contribution in [0.2, 0.25) is 0 Å². The lowest BCUT2D eigenvalue weighted by molar-refractivity contribution is 0.0832. The summed E-state index contributed by atoms with van der Waals surface area (Å²) in [6, 6.07) is 5.44. The Bertz CT molecular complexity index is 481. The van der Waals surface area contributed by atoms with E-state index in [-0.39, 0.29) is 17.6 Å². The Kier molecular flexibility index (Phi) is 4.31. The van der Waals surface area contributed by atoms with E-state index in [1.165, 1.54) is 24.3 Å². The smallest absolute Gasteiger partial charge is 0.216 e. The van der Waals surface area contributed by atoms with Gasteiger partial charge in [0, 0.05) is 19.3 Å². The van der Waals surface area contributed by atoms with Crippen molar-refractivity contribution in [3.63, 3.8) is 0 Å². The van der Waals surface area contributed by atoms with Gasteiger partial charge in [-0.2, -0.15) is 0 Å². The molecule has 0 saturated carbocycles. The molecule has 4 nitrogen and oxygen atoms in total. The third kappa shape index (κ3) is 4.04. The van der Waals surface area contributed by atoms with Crippen LogP contribution in [0.15, 0.2) is 24.3 Å². The molecule has 1 heterocycles. The Morgan fingerprint density at radius 2 is 1.83 bits per heavy atom. The summed E-state index contributed by atoms with van der Waals surface area (Å²) in [4.78, 5) is 0. The van der Waals surface area contributed by atoms with Crippen molar-refractivity contribution in [2.75, 3.05) is 13.2 Å². The molecule has 2 rings (SSSR count). The predicted molar refractivity (Wildman–Crippen MR) is 66.0 cm³/mol. The van der Waals surface area contributed by atoms with Gasteiger partial charge in [-0.05, 0) is 30.5 Å². The molecular weight excluding hydrogens is 257 g/mol. The van der Waals surface area contributed by atoms with Crippen LogP contribution in [0.3, 0.4) is 0 Å². The van der Waals surface area contributed by atoms with Crippen molar-refractivity contribution in [3.8, 4) is 0 Å². The van der Waals surface area contributed by atoms with Crippen LogP contribution in [0.4, 0.5) is 4.39 Å². The van der Waals surface area contributed by atoms with Crippen molar-refractivity contribution in [2.24, 2.45) is 0 Å². The number of nitrogens with one attached hydrogen (secondary N) is 1. The highest BCUT2D eigenvalue weighted by atomic mass is 32.2. The van der Waals surface area contributed by atoms with E-state index in [2.05, 4.69) is 4.72 Å². The standard InChI is InChI=1S/C12H16FNO3S/c13-11-3-1-10(2-4-11)9-18(15,16)14-12-5-7-17-8-6-12/h1-4,12,14H,5-9H2. The highest BCUT2D eigenvalue weighted by molar-refractivity contribution is 7.88. The molecule has 100 valence electrons. The Balaban J connectivity index is 1.96. The van der Waals surface area contributed by atoms with Crippen molar-refractivity contribution in [1.29, 1.82) is 0 Å². The molecule has 0 spiro atoms. The summed E-state index contributed by atoms with van der Waals surface area (Å²) in [6.07, 6.45) is 1.39. The van der Waals surface area contributed by atoms with Crippen molar-refractivity contribution in [3.05, 3.63) is 35.6 Å². The fourth-order valence-corrected chi connectivity index (χ4v) is 3.37. The lowest BCUT2D eigenvalue weighted by atomic mass is 10.1. The van der Waals surface area contributed by atoms with Crippen LogP contribution in [0.5, 0.6) is 0 Å². The highest BCUT2D eigenvalue weighted by Gasteiger charge is 2.20. The summed E-state index contributed by atoms with van der Waals surface area (Å²) in [5.74, 6) is -0.487. The number of hydrogen-bond donors (Lipinski definition) is 1. The van der Waals surface area contributed by atoms with Crippen molar-refractivity contribution >= 4 is 10.0 Å². The summed E-state index contributed by atoms with van der Waals surface area (Å²) in [5, 5.41) is 0. The number of benzene rings is 1.